The minimum Gasteiger partial charge on any atom is -0.368 e. The van der Waals surface area contributed by atoms with Gasteiger partial charge >= 0.3 is 0 Å². The van der Waals surface area contributed by atoms with Gasteiger partial charge in [-0.05, 0) is 19.1 Å². The van der Waals surface area contributed by atoms with Crippen molar-refractivity contribution in [2.24, 2.45) is 5.10 Å². The molecule has 1 atom stereocenters. The monoisotopic (exact) mass is 291 g/mol. The van der Waals surface area contributed by atoms with Crippen LogP contribution in [-0.4, -0.2) is 20.5 Å². The highest BCUT2D eigenvalue weighted by atomic mass is 35.5. The van der Waals surface area contributed by atoms with E-state index in [2.05, 4.69) is 11.7 Å². The number of aliphatic hydroxyl groups is 1. The van der Waals surface area contributed by atoms with Crippen molar-refractivity contribution in [3.63, 3.8) is 0 Å². The minimum absolute atomic E-state index is 0.492. The quantitative estimate of drug-likeness (QED) is 0.860. The highest BCUT2D eigenvalue weighted by Crippen LogP contribution is 2.33. The molecule has 5 heteroatoms. The van der Waals surface area contributed by atoms with Gasteiger partial charge in [-0.1, -0.05) is 43.3 Å². The van der Waals surface area contributed by atoms with E-state index in [0.29, 0.717) is 22.8 Å². The van der Waals surface area contributed by atoms with Gasteiger partial charge in [0.15, 0.2) is 6.23 Å². The van der Waals surface area contributed by atoms with Crippen molar-refractivity contribution in [3.05, 3.63) is 59.6 Å². The first-order chi connectivity index (χ1) is 9.60. The molecule has 0 saturated carbocycles. The molecule has 1 N–H and O–H groups in total. The third-order valence-corrected chi connectivity index (χ3v) is 3.38. The zero-order valence-corrected chi connectivity index (χ0v) is 12.4. The Hall–Kier alpha value is -1.78. The second-order valence-corrected chi connectivity index (χ2v) is 4.79. The van der Waals surface area contributed by atoms with Gasteiger partial charge in [-0.2, -0.15) is 5.10 Å². The van der Waals surface area contributed by atoms with Gasteiger partial charge in [0, 0.05) is 18.3 Å². The number of nitrogens with zero attached hydrogens (tertiary/aromatic N) is 3. The van der Waals surface area contributed by atoms with E-state index in [0.717, 1.165) is 5.84 Å². The van der Waals surface area contributed by atoms with Crippen LogP contribution in [0.4, 0.5) is 0 Å². The van der Waals surface area contributed by atoms with Crippen LogP contribution < -0.4 is 0 Å². The average Bonchev–Trinajstić information content (AvgIpc) is 2.80. The van der Waals surface area contributed by atoms with Crippen LogP contribution in [0.25, 0.3) is 0 Å². The van der Waals surface area contributed by atoms with E-state index in [-0.39, 0.29) is 0 Å². The van der Waals surface area contributed by atoms with Crippen molar-refractivity contribution in [1.82, 2.24) is 9.58 Å². The maximum Gasteiger partial charge on any atom is 0.177 e. The standard InChI is InChI=1S/C15H18ClN3O/c1-4-6-7-8-11(3)19-13(5-2)17-18-10-9-12(16)14(18)15(19)20/h4,6-10,15,20H,3,5H2,1-2H3/b6-4-,8-7-. The molecule has 0 radical (unpaired) electrons. The van der Waals surface area contributed by atoms with Gasteiger partial charge in [0.25, 0.3) is 0 Å². The van der Waals surface area contributed by atoms with E-state index in [1.807, 2.05) is 38.2 Å². The highest BCUT2D eigenvalue weighted by molar-refractivity contribution is 6.31. The van der Waals surface area contributed by atoms with Crippen molar-refractivity contribution in [1.29, 1.82) is 0 Å². The molecular formula is C15H18ClN3O. The van der Waals surface area contributed by atoms with Gasteiger partial charge in [0.1, 0.15) is 11.5 Å². The summed E-state index contributed by atoms with van der Waals surface area (Å²) in [6.45, 7) is 7.92. The van der Waals surface area contributed by atoms with Gasteiger partial charge < -0.3 is 5.11 Å². The molecule has 20 heavy (non-hydrogen) atoms. The largest absolute Gasteiger partial charge is 0.368 e. The fourth-order valence-corrected chi connectivity index (χ4v) is 2.34. The highest BCUT2D eigenvalue weighted by Gasteiger charge is 2.30. The first-order valence-electron chi connectivity index (χ1n) is 6.50. The predicted molar refractivity (Wildman–Crippen MR) is 82.5 cm³/mol. The zero-order chi connectivity index (χ0) is 14.7. The number of hydrogen-bond donors (Lipinski definition) is 1. The molecule has 0 fully saturated rings. The topological polar surface area (TPSA) is 40.8 Å². The molecule has 0 bridgehead atoms. The van der Waals surface area contributed by atoms with Crippen LogP contribution in [0.3, 0.4) is 0 Å². The van der Waals surface area contributed by atoms with Crippen LogP contribution in [0.15, 0.2) is 53.9 Å². The molecule has 0 saturated heterocycles. The Morgan fingerprint density at radius 3 is 2.95 bits per heavy atom. The Balaban J connectivity index is 2.38. The first-order valence-corrected chi connectivity index (χ1v) is 6.88. The maximum absolute atomic E-state index is 10.5. The summed E-state index contributed by atoms with van der Waals surface area (Å²) in [5, 5.41) is 15.5. The van der Waals surface area contributed by atoms with Crippen LogP contribution in [0.5, 0.6) is 0 Å². The molecule has 0 amide bonds. The maximum atomic E-state index is 10.5. The Labute approximate surface area is 124 Å². The number of aliphatic hydroxyl groups excluding tert-OH is 1. The van der Waals surface area contributed by atoms with E-state index in [9.17, 15) is 5.11 Å². The third-order valence-electron chi connectivity index (χ3n) is 3.06. The number of fused-ring (bicyclic) bond motifs is 1. The van der Waals surface area contributed by atoms with Crippen LogP contribution in [0, 0.1) is 0 Å². The van der Waals surface area contributed by atoms with Crippen LogP contribution in [0.2, 0.25) is 5.02 Å². The summed E-state index contributed by atoms with van der Waals surface area (Å²) in [7, 11) is 0. The molecule has 0 aliphatic carbocycles. The third kappa shape index (κ3) is 2.57. The Morgan fingerprint density at radius 1 is 1.55 bits per heavy atom. The number of rotatable bonds is 4. The summed E-state index contributed by atoms with van der Waals surface area (Å²) in [4.78, 5) is 1.70. The van der Waals surface area contributed by atoms with Gasteiger partial charge in [-0.3, -0.25) is 4.90 Å². The van der Waals surface area contributed by atoms with Crippen molar-refractivity contribution in [3.8, 4) is 0 Å². The summed E-state index contributed by atoms with van der Waals surface area (Å²) >= 11 is 6.10. The molecule has 2 rings (SSSR count). The number of aromatic nitrogens is 1. The van der Waals surface area contributed by atoms with Gasteiger partial charge in [0.2, 0.25) is 0 Å². The van der Waals surface area contributed by atoms with E-state index in [1.54, 1.807) is 21.8 Å². The molecule has 2 heterocycles. The van der Waals surface area contributed by atoms with E-state index in [1.165, 1.54) is 0 Å². The second-order valence-electron chi connectivity index (χ2n) is 4.38. The van der Waals surface area contributed by atoms with Crippen molar-refractivity contribution in [2.45, 2.75) is 26.5 Å². The SMILES string of the molecule is C=C(/C=C\C=C/C)N1C(CC)=Nn2ccc(Cl)c2C1O. The van der Waals surface area contributed by atoms with Crippen LogP contribution in [0.1, 0.15) is 32.2 Å². The van der Waals surface area contributed by atoms with Crippen LogP contribution in [-0.2, 0) is 0 Å². The smallest absolute Gasteiger partial charge is 0.177 e. The first kappa shape index (κ1) is 14.6. The molecule has 4 nitrogen and oxygen atoms in total. The normalized spacial score (nSPS) is 18.7. The predicted octanol–water partition coefficient (Wildman–Crippen LogP) is 3.67. The fraction of sp³-hybridized carbons (Fsp3) is 0.267. The van der Waals surface area contributed by atoms with Gasteiger partial charge in [-0.15, -0.1) is 0 Å². The Bertz CT molecular complexity index is 598. The minimum atomic E-state index is -0.882. The number of amidine groups is 1. The summed E-state index contributed by atoms with van der Waals surface area (Å²) in [6, 6.07) is 1.72. The number of allylic oxidation sites excluding steroid dienone is 4. The molecule has 1 unspecified atom stereocenters. The molecule has 1 aliphatic heterocycles. The van der Waals surface area contributed by atoms with E-state index < -0.39 is 6.23 Å². The molecule has 106 valence electrons. The van der Waals surface area contributed by atoms with Gasteiger partial charge in [0.05, 0.1) is 5.02 Å². The molecule has 1 aromatic heterocycles. The van der Waals surface area contributed by atoms with Gasteiger partial charge in [-0.25, -0.2) is 4.68 Å². The number of halogens is 1. The lowest BCUT2D eigenvalue weighted by Crippen LogP contribution is -2.37. The Morgan fingerprint density at radius 2 is 2.30 bits per heavy atom. The van der Waals surface area contributed by atoms with E-state index >= 15 is 0 Å². The number of hydrogen-bond acceptors (Lipinski definition) is 3. The molecule has 1 aliphatic rings. The summed E-state index contributed by atoms with van der Waals surface area (Å²) < 4.78 is 1.62. The molecule has 0 spiro atoms. The lowest BCUT2D eigenvalue weighted by Gasteiger charge is -2.34. The van der Waals surface area contributed by atoms with Crippen LogP contribution >= 0.6 is 11.6 Å². The lowest BCUT2D eigenvalue weighted by molar-refractivity contribution is 0.0621. The molecule has 1 aromatic rings. The summed E-state index contributed by atoms with van der Waals surface area (Å²) in [6.07, 6.45) is 9.08. The van der Waals surface area contributed by atoms with E-state index in [4.69, 9.17) is 11.6 Å². The van der Waals surface area contributed by atoms with Crippen molar-refractivity contribution < 1.29 is 5.11 Å². The van der Waals surface area contributed by atoms with Crippen molar-refractivity contribution in [2.75, 3.05) is 0 Å². The second kappa shape index (κ2) is 6.11. The average molecular weight is 292 g/mol. The molecular weight excluding hydrogens is 274 g/mol. The summed E-state index contributed by atoms with van der Waals surface area (Å²) in [5.74, 6) is 0.743. The molecule has 0 aromatic carbocycles. The lowest BCUT2D eigenvalue weighted by atomic mass is 10.2. The fourth-order valence-electron chi connectivity index (χ4n) is 2.10. The van der Waals surface area contributed by atoms with Crippen molar-refractivity contribution >= 4 is 17.4 Å². The summed E-state index contributed by atoms with van der Waals surface area (Å²) in [5.41, 5.74) is 1.23. The Kier molecular flexibility index (Phi) is 4.47. The zero-order valence-electron chi connectivity index (χ0n) is 11.6.